The smallest absolute Gasteiger partial charge is 0.155 e. The summed E-state index contributed by atoms with van der Waals surface area (Å²) in [6, 6.07) is 8.07. The van der Waals surface area contributed by atoms with Crippen molar-refractivity contribution in [2.75, 3.05) is 0 Å². The summed E-state index contributed by atoms with van der Waals surface area (Å²) in [5.41, 5.74) is 1.11. The number of carbonyl (C=O) groups is 1. The van der Waals surface area contributed by atoms with Gasteiger partial charge in [-0.3, -0.25) is 4.79 Å². The average molecular weight is 280 g/mol. The summed E-state index contributed by atoms with van der Waals surface area (Å²) in [6.07, 6.45) is 2.56. The van der Waals surface area contributed by atoms with Gasteiger partial charge in [-0.25, -0.2) is 0 Å². The van der Waals surface area contributed by atoms with Crippen LogP contribution in [0.2, 0.25) is 0 Å². The lowest BCUT2D eigenvalue weighted by molar-refractivity contribution is -0.121. The normalized spacial score (nSPS) is 12.9. The molecule has 0 radical (unpaired) electrons. The highest BCUT2D eigenvalue weighted by Crippen LogP contribution is 2.24. The highest BCUT2D eigenvalue weighted by atomic mass is 79.9. The quantitative estimate of drug-likeness (QED) is 0.834. The van der Waals surface area contributed by atoms with Crippen molar-refractivity contribution in [1.29, 1.82) is 0 Å². The largest absolute Gasteiger partial charge is 0.337 e. The third-order valence-corrected chi connectivity index (χ3v) is 3.41. The van der Waals surface area contributed by atoms with E-state index in [0.717, 1.165) is 15.4 Å². The minimum Gasteiger partial charge on any atom is -0.337 e. The van der Waals surface area contributed by atoms with Gasteiger partial charge in [-0.2, -0.15) is 0 Å². The zero-order valence-electron chi connectivity index (χ0n) is 9.40. The van der Waals surface area contributed by atoms with Gasteiger partial charge < -0.3 is 4.57 Å². The molecule has 0 aliphatic rings. The maximum Gasteiger partial charge on any atom is 0.155 e. The molecule has 2 rings (SSSR count). The van der Waals surface area contributed by atoms with Crippen molar-refractivity contribution < 1.29 is 4.79 Å². The van der Waals surface area contributed by atoms with Gasteiger partial charge in [0.15, 0.2) is 5.78 Å². The molecular weight excluding hydrogens is 266 g/mol. The fourth-order valence-corrected chi connectivity index (χ4v) is 2.30. The van der Waals surface area contributed by atoms with E-state index in [-0.39, 0.29) is 11.8 Å². The van der Waals surface area contributed by atoms with Gasteiger partial charge in [0, 0.05) is 28.0 Å². The number of Topliss-reactive ketones (excluding diaryl/α,β-unsaturated/α-hetero) is 1. The second-order valence-electron chi connectivity index (χ2n) is 3.92. The number of ketones is 1. The van der Waals surface area contributed by atoms with Crippen molar-refractivity contribution in [2.24, 2.45) is 0 Å². The molecule has 1 atom stereocenters. The Morgan fingerprint density at radius 3 is 2.88 bits per heavy atom. The average Bonchev–Trinajstić information content (AvgIpc) is 2.69. The molecule has 0 N–H and O–H groups in total. The highest BCUT2D eigenvalue weighted by Gasteiger charge is 2.14. The van der Waals surface area contributed by atoms with Crippen molar-refractivity contribution in [3.63, 3.8) is 0 Å². The molecule has 2 nitrogen and oxygen atoms in total. The van der Waals surface area contributed by atoms with Crippen molar-refractivity contribution >= 4 is 32.6 Å². The maximum atomic E-state index is 11.7. The second-order valence-corrected chi connectivity index (χ2v) is 4.84. The van der Waals surface area contributed by atoms with Crippen molar-refractivity contribution in [3.8, 4) is 0 Å². The Morgan fingerprint density at radius 1 is 1.44 bits per heavy atom. The minimum absolute atomic E-state index is 0.0799. The van der Waals surface area contributed by atoms with Gasteiger partial charge in [-0.1, -0.05) is 22.9 Å². The van der Waals surface area contributed by atoms with E-state index < -0.39 is 0 Å². The zero-order chi connectivity index (χ0) is 11.7. The number of hydrogen-bond donors (Lipinski definition) is 0. The molecule has 0 fully saturated rings. The van der Waals surface area contributed by atoms with Crippen LogP contribution in [0.4, 0.5) is 0 Å². The molecule has 0 saturated carbocycles. The fourth-order valence-electron chi connectivity index (χ4n) is 1.92. The van der Waals surface area contributed by atoms with Crippen LogP contribution in [0.3, 0.4) is 0 Å². The van der Waals surface area contributed by atoms with Crippen LogP contribution in [0, 0.1) is 0 Å². The summed E-state index contributed by atoms with van der Waals surface area (Å²) in [7, 11) is 0. The summed E-state index contributed by atoms with van der Waals surface area (Å²) >= 11 is 3.45. The van der Waals surface area contributed by atoms with Crippen LogP contribution in [0.25, 0.3) is 10.9 Å². The predicted octanol–water partition coefficient (Wildman–Crippen LogP) is 3.94. The first-order valence-electron chi connectivity index (χ1n) is 5.42. The van der Waals surface area contributed by atoms with Crippen LogP contribution in [-0.4, -0.2) is 10.4 Å². The van der Waals surface area contributed by atoms with Gasteiger partial charge >= 0.3 is 0 Å². The van der Waals surface area contributed by atoms with Crippen LogP contribution in [0.5, 0.6) is 0 Å². The third-order valence-electron chi connectivity index (χ3n) is 2.91. The van der Waals surface area contributed by atoms with Crippen LogP contribution in [-0.2, 0) is 4.79 Å². The monoisotopic (exact) mass is 279 g/mol. The summed E-state index contributed by atoms with van der Waals surface area (Å²) in [4.78, 5) is 11.7. The van der Waals surface area contributed by atoms with E-state index in [0.29, 0.717) is 6.42 Å². The lowest BCUT2D eigenvalue weighted by Gasteiger charge is -2.13. The van der Waals surface area contributed by atoms with E-state index in [9.17, 15) is 4.79 Å². The van der Waals surface area contributed by atoms with Crippen molar-refractivity contribution in [2.45, 2.75) is 26.3 Å². The van der Waals surface area contributed by atoms with Crippen LogP contribution in [0.15, 0.2) is 34.9 Å². The molecule has 1 heterocycles. The van der Waals surface area contributed by atoms with Crippen LogP contribution < -0.4 is 0 Å². The van der Waals surface area contributed by atoms with Crippen molar-refractivity contribution in [1.82, 2.24) is 4.57 Å². The molecule has 0 aliphatic heterocycles. The van der Waals surface area contributed by atoms with Crippen LogP contribution in [0.1, 0.15) is 26.3 Å². The Balaban J connectivity index is 2.50. The molecule has 0 aliphatic carbocycles. The molecule has 0 spiro atoms. The minimum atomic E-state index is -0.0799. The first kappa shape index (κ1) is 11.4. The summed E-state index contributed by atoms with van der Waals surface area (Å²) in [5, 5.41) is 1.16. The Morgan fingerprint density at radius 2 is 2.19 bits per heavy atom. The van der Waals surface area contributed by atoms with Gasteiger partial charge in [0.05, 0.1) is 6.04 Å². The van der Waals surface area contributed by atoms with Crippen LogP contribution >= 0.6 is 15.9 Å². The Kier molecular flexibility index (Phi) is 3.15. The number of nitrogens with zero attached hydrogens (tertiary/aromatic N) is 1. The Bertz CT molecular complexity index is 530. The first-order valence-corrected chi connectivity index (χ1v) is 6.21. The van der Waals surface area contributed by atoms with E-state index in [1.807, 2.05) is 42.8 Å². The summed E-state index contributed by atoms with van der Waals surface area (Å²) in [5.74, 6) is 0.264. The van der Waals surface area contributed by atoms with Gasteiger partial charge in [0.25, 0.3) is 0 Å². The van der Waals surface area contributed by atoms with Gasteiger partial charge in [0.2, 0.25) is 0 Å². The highest BCUT2D eigenvalue weighted by molar-refractivity contribution is 9.10. The molecule has 84 valence electrons. The third kappa shape index (κ3) is 1.92. The number of aromatic nitrogens is 1. The van der Waals surface area contributed by atoms with Gasteiger partial charge in [-0.05, 0) is 31.2 Å². The Hall–Kier alpha value is -1.09. The number of hydrogen-bond acceptors (Lipinski definition) is 1. The first-order chi connectivity index (χ1) is 7.63. The zero-order valence-corrected chi connectivity index (χ0v) is 11.0. The van der Waals surface area contributed by atoms with Gasteiger partial charge in [-0.15, -0.1) is 0 Å². The maximum absolute atomic E-state index is 11.7. The lowest BCUT2D eigenvalue weighted by atomic mass is 10.1. The molecule has 0 saturated heterocycles. The van der Waals surface area contributed by atoms with E-state index >= 15 is 0 Å². The van der Waals surface area contributed by atoms with Gasteiger partial charge in [0.1, 0.15) is 0 Å². The standard InChI is InChI=1S/C13H14BrNO/c1-3-13(16)9(2)15-7-6-10-8-11(14)4-5-12(10)15/h4-9H,3H2,1-2H3. The number of halogens is 1. The molecule has 3 heteroatoms. The molecule has 2 aromatic rings. The SMILES string of the molecule is CCC(=O)C(C)n1ccc2cc(Br)ccc21. The van der Waals surface area contributed by atoms with E-state index in [1.54, 1.807) is 0 Å². The number of carbonyl (C=O) groups excluding carboxylic acids is 1. The molecule has 1 unspecified atom stereocenters. The topological polar surface area (TPSA) is 22.0 Å². The molecular formula is C13H14BrNO. The fraction of sp³-hybridized carbons (Fsp3) is 0.308. The summed E-state index contributed by atoms with van der Waals surface area (Å²) in [6.45, 7) is 3.86. The van der Waals surface area contributed by atoms with E-state index in [2.05, 4.69) is 22.0 Å². The number of fused-ring (bicyclic) bond motifs is 1. The lowest BCUT2D eigenvalue weighted by Crippen LogP contribution is -2.14. The number of rotatable bonds is 3. The van der Waals surface area contributed by atoms with E-state index in [4.69, 9.17) is 0 Å². The second kappa shape index (κ2) is 4.42. The van der Waals surface area contributed by atoms with E-state index in [1.165, 1.54) is 0 Å². The molecule has 0 amide bonds. The molecule has 1 aromatic carbocycles. The molecule has 16 heavy (non-hydrogen) atoms. The predicted molar refractivity (Wildman–Crippen MR) is 69.6 cm³/mol. The molecule has 1 aromatic heterocycles. The molecule has 0 bridgehead atoms. The number of benzene rings is 1. The Labute approximate surface area is 103 Å². The summed E-state index contributed by atoms with van der Waals surface area (Å²) < 4.78 is 3.10. The van der Waals surface area contributed by atoms with Crippen molar-refractivity contribution in [3.05, 3.63) is 34.9 Å².